The van der Waals surface area contributed by atoms with Crippen molar-refractivity contribution in [2.75, 3.05) is 0 Å². The van der Waals surface area contributed by atoms with Gasteiger partial charge in [0.15, 0.2) is 0 Å². The number of carboxylic acids is 2. The van der Waals surface area contributed by atoms with Crippen molar-refractivity contribution in [3.63, 3.8) is 0 Å². The first-order valence-corrected chi connectivity index (χ1v) is 7.38. The van der Waals surface area contributed by atoms with Gasteiger partial charge in [0.1, 0.15) is 18.1 Å². The molecule has 0 aromatic carbocycles. The molecule has 0 saturated carbocycles. The van der Waals surface area contributed by atoms with E-state index in [9.17, 15) is 19.2 Å². The predicted octanol–water partition coefficient (Wildman–Crippen LogP) is -2.51. The van der Waals surface area contributed by atoms with E-state index >= 15 is 0 Å². The molecule has 0 aliphatic carbocycles. The van der Waals surface area contributed by atoms with Crippen LogP contribution in [0.15, 0.2) is 0 Å². The number of carbonyl (C=O) groups is 4. The summed E-state index contributed by atoms with van der Waals surface area (Å²) in [7, 11) is 0. The quantitative estimate of drug-likeness (QED) is 0.156. The van der Waals surface area contributed by atoms with Crippen LogP contribution in [0.5, 0.6) is 0 Å². The molecule has 0 fully saturated rings. The molecule has 9 N–H and O–H groups in total. The zero-order chi connectivity index (χ0) is 18.9. The van der Waals surface area contributed by atoms with Crippen LogP contribution in [0.3, 0.4) is 0 Å². The smallest absolute Gasteiger partial charge is 0.326 e. The largest absolute Gasteiger partial charge is 0.480 e. The molecule has 11 nitrogen and oxygen atoms in total. The molecule has 138 valence electrons. The highest BCUT2D eigenvalue weighted by Crippen LogP contribution is 2.05. The van der Waals surface area contributed by atoms with Gasteiger partial charge in [-0.2, -0.15) is 0 Å². The van der Waals surface area contributed by atoms with E-state index in [0.29, 0.717) is 0 Å². The van der Waals surface area contributed by atoms with Gasteiger partial charge in [0.25, 0.3) is 0 Å². The summed E-state index contributed by atoms with van der Waals surface area (Å²) in [6, 6.07) is -3.96. The van der Waals surface area contributed by atoms with E-state index < -0.39 is 47.9 Å². The lowest BCUT2D eigenvalue weighted by Gasteiger charge is -2.20. The Morgan fingerprint density at radius 2 is 1.42 bits per heavy atom. The van der Waals surface area contributed by atoms with Gasteiger partial charge in [-0.3, -0.25) is 20.2 Å². The third kappa shape index (κ3) is 7.85. The lowest BCUT2D eigenvalue weighted by molar-refractivity contribution is -0.142. The molecule has 0 rings (SSSR count). The summed E-state index contributed by atoms with van der Waals surface area (Å²) < 4.78 is 0. The van der Waals surface area contributed by atoms with E-state index in [1.165, 1.54) is 13.8 Å². The van der Waals surface area contributed by atoms with Crippen LogP contribution in [0, 0.1) is 0 Å². The molecule has 0 bridgehead atoms. The summed E-state index contributed by atoms with van der Waals surface area (Å²) in [6.45, 7) is 2.84. The summed E-state index contributed by atoms with van der Waals surface area (Å²) in [4.78, 5) is 45.3. The predicted molar refractivity (Wildman–Crippen MR) is 83.4 cm³/mol. The van der Waals surface area contributed by atoms with Gasteiger partial charge in [-0.1, -0.05) is 0 Å². The molecular weight excluding hydrogens is 322 g/mol. The fraction of sp³-hybridized carbons (Fsp3) is 0.692. The van der Waals surface area contributed by atoms with Crippen molar-refractivity contribution in [2.24, 2.45) is 11.6 Å². The molecule has 0 aromatic heterocycles. The van der Waals surface area contributed by atoms with E-state index in [-0.39, 0.29) is 19.3 Å². The number of hydrazine groups is 1. The molecule has 1 unspecified atom stereocenters. The van der Waals surface area contributed by atoms with Crippen molar-refractivity contribution in [1.82, 2.24) is 16.1 Å². The van der Waals surface area contributed by atoms with Gasteiger partial charge in [-0.25, -0.2) is 10.2 Å². The summed E-state index contributed by atoms with van der Waals surface area (Å²) in [5.74, 6) is 1.44. The minimum absolute atomic E-state index is 0.0144. The molecule has 0 spiro atoms. The van der Waals surface area contributed by atoms with E-state index in [2.05, 4.69) is 16.1 Å². The third-order valence-corrected chi connectivity index (χ3v) is 3.27. The third-order valence-electron chi connectivity index (χ3n) is 3.27. The minimum Gasteiger partial charge on any atom is -0.480 e. The number of carboxylic acid groups (broad SMARTS) is 2. The van der Waals surface area contributed by atoms with Gasteiger partial charge >= 0.3 is 11.9 Å². The van der Waals surface area contributed by atoms with Crippen molar-refractivity contribution in [3.8, 4) is 0 Å². The van der Waals surface area contributed by atoms with Gasteiger partial charge in [0.05, 0.1) is 6.04 Å². The standard InChI is InChI=1S/C13H25N5O6/c1-6(14)10(19)16-7(2)11(20)17-8(12(21)22)4-3-5-9(18-15)13(23)24/h6-9,18H,3-5,14-15H2,1-2H3,(H,16,19)(H,17,20)(H,21,22)(H,23,24)/t6-,7-,8-,9?/m0/s1. The van der Waals surface area contributed by atoms with Gasteiger partial charge in [-0.05, 0) is 33.1 Å². The first-order valence-electron chi connectivity index (χ1n) is 7.38. The van der Waals surface area contributed by atoms with Gasteiger partial charge in [0, 0.05) is 0 Å². The topological polar surface area (TPSA) is 197 Å². The van der Waals surface area contributed by atoms with Crippen molar-refractivity contribution >= 4 is 23.8 Å². The van der Waals surface area contributed by atoms with Crippen molar-refractivity contribution in [3.05, 3.63) is 0 Å². The normalized spacial score (nSPS) is 15.7. The molecule has 0 radical (unpaired) electrons. The first-order chi connectivity index (χ1) is 11.1. The average molecular weight is 347 g/mol. The molecule has 0 aliphatic rings. The van der Waals surface area contributed by atoms with Crippen LogP contribution in [-0.2, 0) is 19.2 Å². The number of hydrogen-bond acceptors (Lipinski definition) is 7. The maximum Gasteiger partial charge on any atom is 0.326 e. The summed E-state index contributed by atoms with van der Waals surface area (Å²) in [5.41, 5.74) is 7.47. The van der Waals surface area contributed by atoms with Crippen molar-refractivity contribution < 1.29 is 29.4 Å². The molecule has 11 heteroatoms. The summed E-state index contributed by atoms with van der Waals surface area (Å²) in [5, 5.41) is 22.6. The number of rotatable bonds is 11. The minimum atomic E-state index is -1.26. The van der Waals surface area contributed by atoms with Crippen LogP contribution in [0.4, 0.5) is 0 Å². The monoisotopic (exact) mass is 347 g/mol. The van der Waals surface area contributed by atoms with Crippen LogP contribution in [0.25, 0.3) is 0 Å². The second-order valence-corrected chi connectivity index (χ2v) is 5.41. The summed E-state index contributed by atoms with van der Waals surface area (Å²) in [6.07, 6.45) is 0.321. The highest BCUT2D eigenvalue weighted by atomic mass is 16.4. The number of hydrogen-bond donors (Lipinski definition) is 7. The van der Waals surface area contributed by atoms with Crippen LogP contribution < -0.4 is 27.6 Å². The Kier molecular flexibility index (Phi) is 9.54. The number of carbonyl (C=O) groups excluding carboxylic acids is 2. The Morgan fingerprint density at radius 3 is 1.83 bits per heavy atom. The second kappa shape index (κ2) is 10.5. The van der Waals surface area contributed by atoms with Crippen molar-refractivity contribution in [1.29, 1.82) is 0 Å². The highest BCUT2D eigenvalue weighted by molar-refractivity contribution is 5.91. The number of nitrogens with two attached hydrogens (primary N) is 2. The highest BCUT2D eigenvalue weighted by Gasteiger charge is 2.25. The van der Waals surface area contributed by atoms with Crippen LogP contribution in [-0.4, -0.2) is 58.1 Å². The van der Waals surface area contributed by atoms with Crippen LogP contribution in [0.2, 0.25) is 0 Å². The lowest BCUT2D eigenvalue weighted by Crippen LogP contribution is -2.52. The van der Waals surface area contributed by atoms with E-state index in [1.54, 1.807) is 0 Å². The zero-order valence-electron chi connectivity index (χ0n) is 13.6. The van der Waals surface area contributed by atoms with E-state index in [4.69, 9.17) is 21.8 Å². The maximum absolute atomic E-state index is 11.9. The molecule has 0 saturated heterocycles. The Bertz CT molecular complexity index is 470. The van der Waals surface area contributed by atoms with Crippen molar-refractivity contribution in [2.45, 2.75) is 57.3 Å². The lowest BCUT2D eigenvalue weighted by atomic mass is 10.1. The Hall–Kier alpha value is -2.24. The number of aliphatic carboxylic acids is 2. The van der Waals surface area contributed by atoms with E-state index in [0.717, 1.165) is 0 Å². The van der Waals surface area contributed by atoms with Gasteiger partial charge in [-0.15, -0.1) is 0 Å². The second-order valence-electron chi connectivity index (χ2n) is 5.41. The molecule has 2 amide bonds. The molecular formula is C13H25N5O6. The molecule has 0 heterocycles. The maximum atomic E-state index is 11.9. The van der Waals surface area contributed by atoms with Gasteiger partial charge < -0.3 is 26.6 Å². The molecule has 4 atom stereocenters. The Balaban J connectivity index is 4.52. The van der Waals surface area contributed by atoms with Crippen LogP contribution in [0.1, 0.15) is 33.1 Å². The molecule has 24 heavy (non-hydrogen) atoms. The van der Waals surface area contributed by atoms with E-state index in [1.807, 2.05) is 0 Å². The molecule has 0 aliphatic heterocycles. The Morgan fingerprint density at radius 1 is 0.917 bits per heavy atom. The number of amides is 2. The summed E-state index contributed by atoms with van der Waals surface area (Å²) >= 11 is 0. The SMILES string of the molecule is C[C@H](N)C(=O)N[C@@H](C)C(=O)N[C@@H](CCCC(NN)C(=O)O)C(=O)O. The van der Waals surface area contributed by atoms with Gasteiger partial charge in [0.2, 0.25) is 11.8 Å². The number of nitrogens with one attached hydrogen (secondary N) is 3. The first kappa shape index (κ1) is 21.8. The molecule has 0 aromatic rings. The fourth-order valence-electron chi connectivity index (χ4n) is 1.77. The fourth-order valence-corrected chi connectivity index (χ4v) is 1.77. The van der Waals surface area contributed by atoms with Crippen LogP contribution >= 0.6 is 0 Å². The average Bonchev–Trinajstić information content (AvgIpc) is 2.49. The Labute approximate surface area is 139 Å². The zero-order valence-corrected chi connectivity index (χ0v) is 13.6.